The van der Waals surface area contributed by atoms with E-state index in [0.717, 1.165) is 5.56 Å². The second kappa shape index (κ2) is 9.88. The van der Waals surface area contributed by atoms with Gasteiger partial charge in [0.1, 0.15) is 0 Å². The van der Waals surface area contributed by atoms with Gasteiger partial charge in [0.15, 0.2) is 0 Å². The summed E-state index contributed by atoms with van der Waals surface area (Å²) in [6, 6.07) is 12.2. The predicted octanol–water partition coefficient (Wildman–Crippen LogP) is 4.85. The van der Waals surface area contributed by atoms with Crippen molar-refractivity contribution in [1.82, 2.24) is 9.21 Å². The van der Waals surface area contributed by atoms with Crippen molar-refractivity contribution in [2.45, 2.75) is 25.1 Å². The molecule has 2 aromatic carbocycles. The van der Waals surface area contributed by atoms with Gasteiger partial charge in [-0.1, -0.05) is 53.0 Å². The van der Waals surface area contributed by atoms with Crippen LogP contribution in [0.15, 0.2) is 42.5 Å². The summed E-state index contributed by atoms with van der Waals surface area (Å²) in [6.07, 6.45) is 1.01. The average molecular weight is 490 g/mol. The molecule has 0 N–H and O–H groups in total. The summed E-state index contributed by atoms with van der Waals surface area (Å²) in [7, 11) is -1.73. The molecular weight excluding hydrogens is 467 g/mol. The number of benzene rings is 2. The molecule has 0 bridgehead atoms. The Bertz CT molecular complexity index is 1000. The van der Waals surface area contributed by atoms with E-state index in [2.05, 4.69) is 0 Å². The van der Waals surface area contributed by atoms with Gasteiger partial charge in [0.2, 0.25) is 15.9 Å². The molecule has 0 radical (unpaired) electrons. The summed E-state index contributed by atoms with van der Waals surface area (Å²) in [5.41, 5.74) is 1.59. The lowest BCUT2D eigenvalue weighted by molar-refractivity contribution is -0.135. The number of rotatable bonds is 6. The third kappa shape index (κ3) is 5.89. The van der Waals surface area contributed by atoms with E-state index in [1.807, 2.05) is 12.1 Å². The van der Waals surface area contributed by atoms with Gasteiger partial charge in [-0.3, -0.25) is 4.79 Å². The van der Waals surface area contributed by atoms with Crippen LogP contribution in [0.25, 0.3) is 0 Å². The van der Waals surface area contributed by atoms with Crippen LogP contribution in [0.4, 0.5) is 0 Å². The molecule has 30 heavy (non-hydrogen) atoms. The van der Waals surface area contributed by atoms with Crippen molar-refractivity contribution in [2.75, 3.05) is 20.1 Å². The van der Waals surface area contributed by atoms with E-state index in [1.165, 1.54) is 4.31 Å². The Hall–Kier alpha value is -1.31. The van der Waals surface area contributed by atoms with E-state index in [-0.39, 0.29) is 17.6 Å². The zero-order valence-corrected chi connectivity index (χ0v) is 19.6. The van der Waals surface area contributed by atoms with Crippen LogP contribution in [-0.2, 0) is 27.1 Å². The lowest BCUT2D eigenvalue weighted by Gasteiger charge is -2.32. The molecule has 1 amide bonds. The van der Waals surface area contributed by atoms with Crippen LogP contribution >= 0.6 is 34.8 Å². The van der Waals surface area contributed by atoms with Gasteiger partial charge in [-0.05, 0) is 48.2 Å². The Morgan fingerprint density at radius 1 is 1.00 bits per heavy atom. The van der Waals surface area contributed by atoms with Crippen LogP contribution < -0.4 is 0 Å². The first-order valence-electron chi connectivity index (χ1n) is 9.57. The summed E-state index contributed by atoms with van der Waals surface area (Å²) >= 11 is 17.8. The summed E-state index contributed by atoms with van der Waals surface area (Å²) in [6.45, 7) is 1.15. The van der Waals surface area contributed by atoms with Crippen molar-refractivity contribution >= 4 is 50.7 Å². The van der Waals surface area contributed by atoms with E-state index in [4.69, 9.17) is 34.8 Å². The standard InChI is InChI=1S/C21H23Cl3N2O3S/c1-25(13-15-2-5-18(22)6-3-15)21(27)17-8-10-26(11-9-17)30(28,29)14-16-4-7-19(23)20(24)12-16/h2-7,12,17H,8-11,13-14H2,1H3. The van der Waals surface area contributed by atoms with Crippen LogP contribution in [0.2, 0.25) is 15.1 Å². The fraction of sp³-hybridized carbons (Fsp3) is 0.381. The van der Waals surface area contributed by atoms with E-state index >= 15 is 0 Å². The van der Waals surface area contributed by atoms with Crippen LogP contribution in [-0.4, -0.2) is 43.7 Å². The van der Waals surface area contributed by atoms with Gasteiger partial charge < -0.3 is 4.90 Å². The fourth-order valence-electron chi connectivity index (χ4n) is 3.57. The molecular formula is C21H23Cl3N2O3S. The number of hydrogen-bond acceptors (Lipinski definition) is 3. The minimum atomic E-state index is -3.49. The smallest absolute Gasteiger partial charge is 0.225 e. The van der Waals surface area contributed by atoms with Gasteiger partial charge in [-0.15, -0.1) is 0 Å². The quantitative estimate of drug-likeness (QED) is 0.583. The maximum absolute atomic E-state index is 12.8. The number of sulfonamides is 1. The van der Waals surface area contributed by atoms with Crippen LogP contribution in [0.1, 0.15) is 24.0 Å². The van der Waals surface area contributed by atoms with E-state index < -0.39 is 10.0 Å². The van der Waals surface area contributed by atoms with Crippen molar-refractivity contribution in [3.05, 3.63) is 68.7 Å². The van der Waals surface area contributed by atoms with Crippen LogP contribution in [0.5, 0.6) is 0 Å². The molecule has 0 aliphatic carbocycles. The third-order valence-corrected chi connectivity index (χ3v) is 8.08. The fourth-order valence-corrected chi connectivity index (χ4v) is 5.56. The maximum Gasteiger partial charge on any atom is 0.225 e. The molecule has 3 rings (SSSR count). The van der Waals surface area contributed by atoms with Crippen molar-refractivity contribution in [3.8, 4) is 0 Å². The number of carbonyl (C=O) groups excluding carboxylic acids is 1. The molecule has 9 heteroatoms. The van der Waals surface area contributed by atoms with Crippen molar-refractivity contribution in [2.24, 2.45) is 5.92 Å². The molecule has 0 unspecified atom stereocenters. The predicted molar refractivity (Wildman–Crippen MR) is 121 cm³/mol. The Labute approximate surface area is 192 Å². The molecule has 1 fully saturated rings. The largest absolute Gasteiger partial charge is 0.341 e. The van der Waals surface area contributed by atoms with Gasteiger partial charge in [-0.2, -0.15) is 0 Å². The molecule has 1 aliphatic heterocycles. The van der Waals surface area contributed by atoms with E-state index in [9.17, 15) is 13.2 Å². The van der Waals surface area contributed by atoms with E-state index in [0.29, 0.717) is 53.1 Å². The highest BCUT2D eigenvalue weighted by atomic mass is 35.5. The number of carbonyl (C=O) groups is 1. The molecule has 1 aliphatic rings. The second-order valence-electron chi connectivity index (χ2n) is 7.50. The first-order valence-corrected chi connectivity index (χ1v) is 12.3. The molecule has 0 saturated carbocycles. The maximum atomic E-state index is 12.8. The third-order valence-electron chi connectivity index (χ3n) is 5.24. The Morgan fingerprint density at radius 3 is 2.20 bits per heavy atom. The number of amides is 1. The zero-order chi connectivity index (χ0) is 21.9. The average Bonchev–Trinajstić information content (AvgIpc) is 2.72. The highest BCUT2D eigenvalue weighted by molar-refractivity contribution is 7.88. The molecule has 0 spiro atoms. The molecule has 0 atom stereocenters. The minimum absolute atomic E-state index is 0.0338. The van der Waals surface area contributed by atoms with Crippen LogP contribution in [0.3, 0.4) is 0 Å². The van der Waals surface area contributed by atoms with Gasteiger partial charge in [0, 0.05) is 37.6 Å². The van der Waals surface area contributed by atoms with Crippen LogP contribution in [0, 0.1) is 5.92 Å². The first kappa shape index (κ1) is 23.4. The van der Waals surface area contributed by atoms with Gasteiger partial charge >= 0.3 is 0 Å². The Balaban J connectivity index is 1.55. The normalized spacial score (nSPS) is 15.9. The molecule has 5 nitrogen and oxygen atoms in total. The number of piperidine rings is 1. The molecule has 0 aromatic heterocycles. The zero-order valence-electron chi connectivity index (χ0n) is 16.5. The highest BCUT2D eigenvalue weighted by Gasteiger charge is 2.32. The lowest BCUT2D eigenvalue weighted by atomic mass is 9.96. The Morgan fingerprint density at radius 2 is 1.60 bits per heavy atom. The van der Waals surface area contributed by atoms with Crippen molar-refractivity contribution < 1.29 is 13.2 Å². The highest BCUT2D eigenvalue weighted by Crippen LogP contribution is 2.26. The molecule has 1 saturated heterocycles. The molecule has 1 heterocycles. The minimum Gasteiger partial charge on any atom is -0.341 e. The van der Waals surface area contributed by atoms with Crippen molar-refractivity contribution in [3.63, 3.8) is 0 Å². The summed E-state index contributed by atoms with van der Waals surface area (Å²) < 4.78 is 27.0. The van der Waals surface area contributed by atoms with Gasteiger partial charge in [0.25, 0.3) is 0 Å². The van der Waals surface area contributed by atoms with Gasteiger partial charge in [-0.25, -0.2) is 12.7 Å². The monoisotopic (exact) mass is 488 g/mol. The van der Waals surface area contributed by atoms with Crippen molar-refractivity contribution in [1.29, 1.82) is 0 Å². The Kier molecular flexibility index (Phi) is 7.69. The number of nitrogens with zero attached hydrogens (tertiary/aromatic N) is 2. The summed E-state index contributed by atoms with van der Waals surface area (Å²) in [5, 5.41) is 1.37. The van der Waals surface area contributed by atoms with Gasteiger partial charge in [0.05, 0.1) is 15.8 Å². The first-order chi connectivity index (χ1) is 14.2. The van der Waals surface area contributed by atoms with E-state index in [1.54, 1.807) is 42.3 Å². The summed E-state index contributed by atoms with van der Waals surface area (Å²) in [4.78, 5) is 14.5. The summed E-state index contributed by atoms with van der Waals surface area (Å²) in [5.74, 6) is -0.288. The second-order valence-corrected chi connectivity index (χ2v) is 10.7. The lowest BCUT2D eigenvalue weighted by Crippen LogP contribution is -2.43. The number of halogens is 3. The molecule has 162 valence electrons. The SMILES string of the molecule is CN(Cc1ccc(Cl)cc1)C(=O)C1CCN(S(=O)(=O)Cc2ccc(Cl)c(Cl)c2)CC1. The molecule has 2 aromatic rings. The topological polar surface area (TPSA) is 57.7 Å². The number of hydrogen-bond donors (Lipinski definition) is 0.